The number of nitrogens with one attached hydrogen (secondary N) is 1. The van der Waals surface area contributed by atoms with Crippen molar-refractivity contribution in [3.8, 4) is 17.5 Å². The van der Waals surface area contributed by atoms with E-state index in [2.05, 4.69) is 28.5 Å². The third-order valence-electron chi connectivity index (χ3n) is 5.65. The van der Waals surface area contributed by atoms with Crippen LogP contribution in [0.2, 0.25) is 10.0 Å². The Morgan fingerprint density at radius 2 is 2.19 bits per heavy atom. The molecule has 10 heteroatoms. The van der Waals surface area contributed by atoms with Gasteiger partial charge in [-0.2, -0.15) is 5.26 Å². The monoisotopic (exact) mass is 505 g/mol. The second-order valence-corrected chi connectivity index (χ2v) is 10.5. The van der Waals surface area contributed by atoms with E-state index in [0.717, 1.165) is 36.8 Å². The molecule has 6 nitrogen and oxygen atoms in total. The maximum absolute atomic E-state index is 12.6. The normalized spacial score (nSPS) is 15.3. The third-order valence-corrected chi connectivity index (χ3v) is 8.58. The average Bonchev–Trinajstić information content (AvgIpc) is 3.32. The van der Waals surface area contributed by atoms with Crippen molar-refractivity contribution in [2.75, 3.05) is 11.1 Å². The SMILES string of the molecule is CCC1CCc2c(sc(NC(=O)CSc3nnc(-c4ccc(Cl)c(Cl)c4)n3C)c2C#N)C1. The first kappa shape index (κ1) is 23.1. The number of thioether (sulfide) groups is 1. The smallest absolute Gasteiger partial charge is 0.235 e. The van der Waals surface area contributed by atoms with Crippen LogP contribution >= 0.6 is 46.3 Å². The lowest BCUT2D eigenvalue weighted by molar-refractivity contribution is -0.113. The number of thiophene rings is 1. The van der Waals surface area contributed by atoms with Gasteiger partial charge in [0.1, 0.15) is 11.1 Å². The second kappa shape index (κ2) is 9.84. The molecule has 32 heavy (non-hydrogen) atoms. The number of benzene rings is 1. The summed E-state index contributed by atoms with van der Waals surface area (Å²) >= 11 is 14.9. The molecule has 0 saturated heterocycles. The highest BCUT2D eigenvalue weighted by Crippen LogP contribution is 2.40. The molecule has 1 unspecified atom stereocenters. The van der Waals surface area contributed by atoms with Gasteiger partial charge in [0.05, 0.1) is 21.4 Å². The number of fused-ring (bicyclic) bond motifs is 1. The summed E-state index contributed by atoms with van der Waals surface area (Å²) in [7, 11) is 1.84. The van der Waals surface area contributed by atoms with Gasteiger partial charge in [0.15, 0.2) is 11.0 Å². The van der Waals surface area contributed by atoms with Crippen molar-refractivity contribution in [3.63, 3.8) is 0 Å². The molecule has 0 saturated carbocycles. The van der Waals surface area contributed by atoms with E-state index in [4.69, 9.17) is 23.2 Å². The first-order valence-electron chi connectivity index (χ1n) is 10.2. The van der Waals surface area contributed by atoms with Crippen LogP contribution in [-0.2, 0) is 24.7 Å². The number of carbonyl (C=O) groups is 1. The Kier molecular flexibility index (Phi) is 7.11. The van der Waals surface area contributed by atoms with Crippen LogP contribution in [0.5, 0.6) is 0 Å². The van der Waals surface area contributed by atoms with E-state index in [1.807, 2.05) is 17.7 Å². The molecule has 3 aromatic rings. The Labute approximate surface area is 204 Å². The van der Waals surface area contributed by atoms with E-state index >= 15 is 0 Å². The lowest BCUT2D eigenvalue weighted by atomic mass is 9.86. The molecule has 0 bridgehead atoms. The van der Waals surface area contributed by atoms with E-state index in [1.54, 1.807) is 23.5 Å². The number of aromatic nitrogens is 3. The number of nitriles is 1. The number of rotatable bonds is 6. The highest BCUT2D eigenvalue weighted by atomic mass is 35.5. The van der Waals surface area contributed by atoms with Crippen molar-refractivity contribution >= 4 is 57.2 Å². The largest absolute Gasteiger partial charge is 0.316 e. The zero-order valence-electron chi connectivity index (χ0n) is 17.6. The molecule has 1 N–H and O–H groups in total. The van der Waals surface area contributed by atoms with Gasteiger partial charge in [-0.15, -0.1) is 21.5 Å². The van der Waals surface area contributed by atoms with Crippen LogP contribution < -0.4 is 5.32 Å². The zero-order valence-corrected chi connectivity index (χ0v) is 20.8. The summed E-state index contributed by atoms with van der Waals surface area (Å²) in [5, 5.41) is 23.2. The number of halogens is 2. The summed E-state index contributed by atoms with van der Waals surface area (Å²) in [5.74, 6) is 1.29. The quantitative estimate of drug-likeness (QED) is 0.417. The molecule has 2 aromatic heterocycles. The first-order chi connectivity index (χ1) is 15.4. The van der Waals surface area contributed by atoms with Gasteiger partial charge in [0.2, 0.25) is 5.91 Å². The van der Waals surface area contributed by atoms with Crippen LogP contribution in [-0.4, -0.2) is 26.4 Å². The van der Waals surface area contributed by atoms with Crippen molar-refractivity contribution in [1.29, 1.82) is 5.26 Å². The molecule has 2 heterocycles. The van der Waals surface area contributed by atoms with E-state index in [0.29, 0.717) is 37.5 Å². The molecule has 0 radical (unpaired) electrons. The van der Waals surface area contributed by atoms with Crippen molar-refractivity contribution < 1.29 is 4.79 Å². The van der Waals surface area contributed by atoms with Crippen LogP contribution in [0, 0.1) is 17.2 Å². The highest BCUT2D eigenvalue weighted by molar-refractivity contribution is 7.99. The molecule has 4 rings (SSSR count). The standard InChI is InChI=1S/C22H21Cl2N5OS2/c1-3-12-4-6-14-15(10-25)21(32-18(14)8-12)26-19(30)11-31-22-28-27-20(29(22)2)13-5-7-16(23)17(24)9-13/h5,7,9,12H,3-4,6,8,11H2,1-2H3,(H,26,30). The fourth-order valence-electron chi connectivity index (χ4n) is 3.83. The molecule has 1 atom stereocenters. The minimum absolute atomic E-state index is 0.165. The number of hydrogen-bond acceptors (Lipinski definition) is 6. The van der Waals surface area contributed by atoms with Gasteiger partial charge in [-0.1, -0.05) is 48.3 Å². The number of amides is 1. The molecule has 0 aliphatic heterocycles. The Morgan fingerprint density at radius 1 is 1.38 bits per heavy atom. The summed E-state index contributed by atoms with van der Waals surface area (Å²) in [6.45, 7) is 2.20. The van der Waals surface area contributed by atoms with Crippen LogP contribution in [0.3, 0.4) is 0 Å². The summed E-state index contributed by atoms with van der Waals surface area (Å²) in [6, 6.07) is 7.57. The van der Waals surface area contributed by atoms with Gasteiger partial charge in [-0.25, -0.2) is 0 Å². The van der Waals surface area contributed by atoms with E-state index in [-0.39, 0.29) is 11.7 Å². The van der Waals surface area contributed by atoms with Crippen LogP contribution in [0.1, 0.15) is 35.8 Å². The van der Waals surface area contributed by atoms with Gasteiger partial charge >= 0.3 is 0 Å². The molecular weight excluding hydrogens is 485 g/mol. The molecule has 1 aliphatic rings. The van der Waals surface area contributed by atoms with E-state index < -0.39 is 0 Å². The van der Waals surface area contributed by atoms with Gasteiger partial charge in [-0.05, 0) is 48.9 Å². The maximum Gasteiger partial charge on any atom is 0.235 e. The molecule has 1 amide bonds. The topological polar surface area (TPSA) is 83.6 Å². The molecule has 1 aromatic carbocycles. The minimum Gasteiger partial charge on any atom is -0.316 e. The Morgan fingerprint density at radius 3 is 2.91 bits per heavy atom. The Balaban J connectivity index is 1.43. The highest BCUT2D eigenvalue weighted by Gasteiger charge is 2.26. The van der Waals surface area contributed by atoms with Crippen LogP contribution in [0.4, 0.5) is 5.00 Å². The Bertz CT molecular complexity index is 1210. The van der Waals surface area contributed by atoms with Gasteiger partial charge in [0, 0.05) is 17.5 Å². The minimum atomic E-state index is -0.170. The van der Waals surface area contributed by atoms with Crippen molar-refractivity contribution in [2.24, 2.45) is 13.0 Å². The number of nitrogens with zero attached hydrogens (tertiary/aromatic N) is 4. The van der Waals surface area contributed by atoms with Crippen molar-refractivity contribution in [2.45, 2.75) is 37.8 Å². The van der Waals surface area contributed by atoms with E-state index in [9.17, 15) is 10.1 Å². The van der Waals surface area contributed by atoms with Crippen molar-refractivity contribution in [1.82, 2.24) is 14.8 Å². The van der Waals surface area contributed by atoms with Crippen molar-refractivity contribution in [3.05, 3.63) is 44.2 Å². The summed E-state index contributed by atoms with van der Waals surface area (Å²) < 4.78 is 1.81. The molecule has 1 aliphatic carbocycles. The zero-order chi connectivity index (χ0) is 22.8. The van der Waals surface area contributed by atoms with Gasteiger partial charge in [0.25, 0.3) is 0 Å². The predicted molar refractivity (Wildman–Crippen MR) is 131 cm³/mol. The first-order valence-corrected chi connectivity index (χ1v) is 12.8. The third kappa shape index (κ3) is 4.67. The summed E-state index contributed by atoms with van der Waals surface area (Å²) in [6.07, 6.45) is 4.14. The molecule has 0 fully saturated rings. The van der Waals surface area contributed by atoms with Crippen LogP contribution in [0.25, 0.3) is 11.4 Å². The lowest BCUT2D eigenvalue weighted by Gasteiger charge is -2.20. The Hall–Kier alpha value is -2.05. The maximum atomic E-state index is 12.6. The summed E-state index contributed by atoms with van der Waals surface area (Å²) in [5.41, 5.74) is 2.53. The lowest BCUT2D eigenvalue weighted by Crippen LogP contribution is -2.14. The molecule has 0 spiro atoms. The summed E-state index contributed by atoms with van der Waals surface area (Å²) in [4.78, 5) is 13.9. The van der Waals surface area contributed by atoms with E-state index in [1.165, 1.54) is 16.6 Å². The second-order valence-electron chi connectivity index (χ2n) is 7.67. The fraction of sp³-hybridized carbons (Fsp3) is 0.364. The fourth-order valence-corrected chi connectivity index (χ4v) is 6.17. The number of hydrogen-bond donors (Lipinski definition) is 1. The number of carbonyl (C=O) groups excluding carboxylic acids is 1. The predicted octanol–water partition coefficient (Wildman–Crippen LogP) is 5.97. The number of anilines is 1. The average molecular weight is 506 g/mol. The molecule has 166 valence electrons. The van der Waals surface area contributed by atoms with Gasteiger partial charge in [-0.3, -0.25) is 4.79 Å². The van der Waals surface area contributed by atoms with Gasteiger partial charge < -0.3 is 9.88 Å². The van der Waals surface area contributed by atoms with Crippen LogP contribution in [0.15, 0.2) is 23.4 Å². The molecular formula is C22H21Cl2N5OS2.